The van der Waals surface area contributed by atoms with Gasteiger partial charge in [0.05, 0.1) is 11.1 Å². The average molecular weight is 491 g/mol. The molecule has 3 aromatic carbocycles. The van der Waals surface area contributed by atoms with Crippen molar-refractivity contribution in [3.63, 3.8) is 0 Å². The van der Waals surface area contributed by atoms with Gasteiger partial charge in [0, 0.05) is 17.3 Å². The summed E-state index contributed by atoms with van der Waals surface area (Å²) in [7, 11) is 0. The fourth-order valence-corrected chi connectivity index (χ4v) is 4.38. The van der Waals surface area contributed by atoms with Crippen LogP contribution in [-0.2, 0) is 4.79 Å². The number of pyridine rings is 1. The van der Waals surface area contributed by atoms with Crippen LogP contribution in [-0.4, -0.2) is 27.3 Å². The summed E-state index contributed by atoms with van der Waals surface area (Å²) >= 11 is 0. The average Bonchev–Trinajstić information content (AvgIpc) is 3.28. The van der Waals surface area contributed by atoms with Crippen molar-refractivity contribution in [3.05, 3.63) is 102 Å². The Morgan fingerprint density at radius 3 is 2.41 bits per heavy atom. The first-order valence-corrected chi connectivity index (χ1v) is 12.4. The van der Waals surface area contributed by atoms with E-state index in [1.165, 1.54) is 5.56 Å². The lowest BCUT2D eigenvalue weighted by atomic mass is 10.0. The lowest BCUT2D eigenvalue weighted by Gasteiger charge is -2.10. The number of anilines is 1. The molecule has 37 heavy (non-hydrogen) atoms. The maximum atomic E-state index is 12.6. The molecule has 0 fully saturated rings. The number of amides is 1. The number of carbonyl (C=O) groups excluding carboxylic acids is 1. The molecule has 6 nitrogen and oxygen atoms in total. The van der Waals surface area contributed by atoms with Crippen molar-refractivity contribution in [2.45, 2.75) is 33.6 Å². The number of rotatable bonds is 7. The minimum atomic E-state index is -0.242. The lowest BCUT2D eigenvalue weighted by molar-refractivity contribution is -0.118. The third-order valence-electron chi connectivity index (χ3n) is 6.32. The summed E-state index contributed by atoms with van der Waals surface area (Å²) in [5, 5.41) is 8.81. The maximum Gasteiger partial charge on any atom is 0.262 e. The molecule has 0 spiro atoms. The zero-order valence-electron chi connectivity index (χ0n) is 21.5. The highest BCUT2D eigenvalue weighted by atomic mass is 16.5. The van der Waals surface area contributed by atoms with Crippen molar-refractivity contribution in [1.29, 1.82) is 0 Å². The second-order valence-electron chi connectivity index (χ2n) is 9.55. The van der Waals surface area contributed by atoms with Crippen molar-refractivity contribution in [2.24, 2.45) is 0 Å². The van der Waals surface area contributed by atoms with Crippen LogP contribution in [0.3, 0.4) is 0 Å². The molecule has 0 saturated carbocycles. The van der Waals surface area contributed by atoms with Crippen molar-refractivity contribution < 1.29 is 9.53 Å². The monoisotopic (exact) mass is 490 g/mol. The van der Waals surface area contributed by atoms with E-state index in [-0.39, 0.29) is 12.5 Å². The van der Waals surface area contributed by atoms with Gasteiger partial charge < -0.3 is 10.1 Å². The van der Waals surface area contributed by atoms with E-state index in [9.17, 15) is 4.79 Å². The zero-order chi connectivity index (χ0) is 25.9. The number of para-hydroxylation sites is 1. The molecular formula is C31H30N4O2. The molecule has 0 radical (unpaired) electrons. The fraction of sp³-hybridized carbons (Fsp3) is 0.194. The van der Waals surface area contributed by atoms with Crippen LogP contribution in [0.2, 0.25) is 0 Å². The number of benzene rings is 3. The largest absolute Gasteiger partial charge is 0.467 e. The standard InChI is InChI=1S/C31H30N4O2/c1-20(2)23-13-15-25(16-14-23)32-27(36)19-37-28-18-22(4)29-30(24-10-8-9-21(3)17-24)34-35(31(29)33-28)26-11-6-5-7-12-26/h5-18,20H,19H2,1-4H3,(H,32,36). The van der Waals surface area contributed by atoms with Crippen LogP contribution in [0.25, 0.3) is 28.0 Å². The van der Waals surface area contributed by atoms with Gasteiger partial charge in [-0.25, -0.2) is 4.68 Å². The van der Waals surface area contributed by atoms with Gasteiger partial charge in [0.1, 0.15) is 5.69 Å². The van der Waals surface area contributed by atoms with Crippen LogP contribution < -0.4 is 10.1 Å². The molecule has 6 heteroatoms. The molecule has 1 amide bonds. The number of nitrogens with one attached hydrogen (secondary N) is 1. The highest BCUT2D eigenvalue weighted by Crippen LogP contribution is 2.33. The number of aromatic nitrogens is 3. The molecule has 186 valence electrons. The number of aryl methyl sites for hydroxylation is 2. The van der Waals surface area contributed by atoms with E-state index in [2.05, 4.69) is 44.3 Å². The predicted octanol–water partition coefficient (Wildman–Crippen LogP) is 6.85. The summed E-state index contributed by atoms with van der Waals surface area (Å²) in [5.74, 6) is 0.574. The van der Waals surface area contributed by atoms with E-state index in [0.717, 1.165) is 39.1 Å². The summed E-state index contributed by atoms with van der Waals surface area (Å²) in [6, 6.07) is 27.9. The Bertz CT molecular complexity index is 1550. The molecule has 2 heterocycles. The third-order valence-corrected chi connectivity index (χ3v) is 6.32. The second kappa shape index (κ2) is 10.3. The molecule has 0 atom stereocenters. The summed E-state index contributed by atoms with van der Waals surface area (Å²) in [6.45, 7) is 8.22. The van der Waals surface area contributed by atoms with Crippen molar-refractivity contribution in [3.8, 4) is 22.8 Å². The van der Waals surface area contributed by atoms with Crippen LogP contribution >= 0.6 is 0 Å². The number of hydrogen-bond donors (Lipinski definition) is 1. The molecule has 0 aliphatic carbocycles. The molecule has 5 aromatic rings. The van der Waals surface area contributed by atoms with Gasteiger partial charge >= 0.3 is 0 Å². The zero-order valence-corrected chi connectivity index (χ0v) is 21.5. The topological polar surface area (TPSA) is 69.0 Å². The van der Waals surface area contributed by atoms with Gasteiger partial charge in [-0.15, -0.1) is 0 Å². The van der Waals surface area contributed by atoms with E-state index in [1.54, 1.807) is 0 Å². The Balaban J connectivity index is 1.45. The van der Waals surface area contributed by atoms with Gasteiger partial charge in [-0.05, 0) is 61.2 Å². The van der Waals surface area contributed by atoms with Gasteiger partial charge in [0.25, 0.3) is 5.91 Å². The van der Waals surface area contributed by atoms with E-state index in [4.69, 9.17) is 14.8 Å². The lowest BCUT2D eigenvalue weighted by Crippen LogP contribution is -2.20. The Kier molecular flexibility index (Phi) is 6.73. The molecule has 0 aliphatic rings. The van der Waals surface area contributed by atoms with Gasteiger partial charge in [0.15, 0.2) is 12.3 Å². The fourth-order valence-electron chi connectivity index (χ4n) is 4.38. The van der Waals surface area contributed by atoms with Crippen molar-refractivity contribution in [2.75, 3.05) is 11.9 Å². The van der Waals surface area contributed by atoms with E-state index >= 15 is 0 Å². The Morgan fingerprint density at radius 1 is 0.946 bits per heavy atom. The van der Waals surface area contributed by atoms with Crippen molar-refractivity contribution in [1.82, 2.24) is 14.8 Å². The first-order valence-electron chi connectivity index (χ1n) is 12.4. The van der Waals surface area contributed by atoms with Crippen LogP contribution in [0, 0.1) is 13.8 Å². The molecule has 0 unspecified atom stereocenters. The maximum absolute atomic E-state index is 12.6. The number of nitrogens with zero attached hydrogens (tertiary/aromatic N) is 3. The summed E-state index contributed by atoms with van der Waals surface area (Å²) in [5.41, 5.74) is 7.58. The first kappa shape index (κ1) is 24.3. The van der Waals surface area contributed by atoms with Crippen LogP contribution in [0.1, 0.15) is 36.5 Å². The van der Waals surface area contributed by atoms with Crippen LogP contribution in [0.15, 0.2) is 84.9 Å². The van der Waals surface area contributed by atoms with E-state index in [1.807, 2.05) is 78.3 Å². The SMILES string of the molecule is Cc1cccc(-c2nn(-c3ccccc3)c3nc(OCC(=O)Nc4ccc(C(C)C)cc4)cc(C)c23)c1. The number of fused-ring (bicyclic) bond motifs is 1. The van der Waals surface area contributed by atoms with Gasteiger partial charge in [-0.2, -0.15) is 10.1 Å². The molecule has 0 bridgehead atoms. The highest BCUT2D eigenvalue weighted by molar-refractivity contribution is 5.95. The molecule has 5 rings (SSSR count). The third kappa shape index (κ3) is 5.23. The van der Waals surface area contributed by atoms with E-state index in [0.29, 0.717) is 17.4 Å². The minimum absolute atomic E-state index is 0.145. The smallest absolute Gasteiger partial charge is 0.262 e. The summed E-state index contributed by atoms with van der Waals surface area (Å²) < 4.78 is 7.69. The van der Waals surface area contributed by atoms with Crippen molar-refractivity contribution >= 4 is 22.6 Å². The normalized spacial score (nSPS) is 11.2. The second-order valence-corrected chi connectivity index (χ2v) is 9.55. The van der Waals surface area contributed by atoms with Gasteiger partial charge in [-0.1, -0.05) is 67.9 Å². The summed E-state index contributed by atoms with van der Waals surface area (Å²) in [4.78, 5) is 17.4. The predicted molar refractivity (Wildman–Crippen MR) is 148 cm³/mol. The molecule has 1 N–H and O–H groups in total. The highest BCUT2D eigenvalue weighted by Gasteiger charge is 2.19. The minimum Gasteiger partial charge on any atom is -0.467 e. The molecule has 0 aliphatic heterocycles. The Morgan fingerprint density at radius 2 is 1.70 bits per heavy atom. The molecule has 0 saturated heterocycles. The Hall–Kier alpha value is -4.45. The van der Waals surface area contributed by atoms with Crippen LogP contribution in [0.5, 0.6) is 5.88 Å². The quantitative estimate of drug-likeness (QED) is 0.271. The number of hydrogen-bond acceptors (Lipinski definition) is 4. The van der Waals surface area contributed by atoms with Gasteiger partial charge in [-0.3, -0.25) is 4.79 Å². The van der Waals surface area contributed by atoms with Gasteiger partial charge in [0.2, 0.25) is 5.88 Å². The molecule has 2 aromatic heterocycles. The number of carbonyl (C=O) groups is 1. The Labute approximate surface area is 216 Å². The number of ether oxygens (including phenoxy) is 1. The van der Waals surface area contributed by atoms with Crippen LogP contribution in [0.4, 0.5) is 5.69 Å². The van der Waals surface area contributed by atoms with E-state index < -0.39 is 0 Å². The first-order chi connectivity index (χ1) is 17.9. The summed E-state index contributed by atoms with van der Waals surface area (Å²) in [6.07, 6.45) is 0. The molecular weight excluding hydrogens is 460 g/mol.